The van der Waals surface area contributed by atoms with Crippen LogP contribution in [0.5, 0.6) is 0 Å². The van der Waals surface area contributed by atoms with Crippen LogP contribution in [-0.2, 0) is 14.3 Å². The van der Waals surface area contributed by atoms with Crippen LogP contribution in [0.2, 0.25) is 0 Å². The van der Waals surface area contributed by atoms with Gasteiger partial charge in [-0.15, -0.1) is 0 Å². The van der Waals surface area contributed by atoms with Gasteiger partial charge in [-0.2, -0.15) is 0 Å². The zero-order valence-corrected chi connectivity index (χ0v) is 16.2. The van der Waals surface area contributed by atoms with Crippen molar-refractivity contribution in [2.75, 3.05) is 16.8 Å². The van der Waals surface area contributed by atoms with E-state index in [1.165, 1.54) is 11.8 Å². The number of anilines is 2. The van der Waals surface area contributed by atoms with Crippen LogP contribution in [0.1, 0.15) is 47.6 Å². The molecule has 146 valence electrons. The van der Waals surface area contributed by atoms with Crippen molar-refractivity contribution >= 4 is 29.2 Å². The largest absolute Gasteiger partial charge is 0.449 e. The Bertz CT molecular complexity index is 974. The number of nitrogens with one attached hydrogen (secondary N) is 1. The van der Waals surface area contributed by atoms with Crippen LogP contribution in [0.15, 0.2) is 30.3 Å². The molecule has 1 atom stereocenters. The summed E-state index contributed by atoms with van der Waals surface area (Å²) in [5, 5.41) is 2.74. The van der Waals surface area contributed by atoms with Gasteiger partial charge in [-0.05, 0) is 51.8 Å². The number of ether oxygens (including phenoxy) is 1. The van der Waals surface area contributed by atoms with Gasteiger partial charge in [-0.25, -0.2) is 4.79 Å². The molecule has 1 N–H and O–H groups in total. The monoisotopic (exact) mass is 381 g/mol. The van der Waals surface area contributed by atoms with Gasteiger partial charge in [-0.1, -0.05) is 12.1 Å². The second-order valence-corrected chi connectivity index (χ2v) is 7.42. The number of rotatable bonds is 4. The van der Waals surface area contributed by atoms with Crippen molar-refractivity contribution in [2.24, 2.45) is 0 Å². The zero-order chi connectivity index (χ0) is 20.0. The normalized spacial score (nSPS) is 17.0. The Morgan fingerprint density at radius 3 is 2.64 bits per heavy atom. The van der Waals surface area contributed by atoms with Gasteiger partial charge in [0.1, 0.15) is 6.54 Å². The zero-order valence-electron chi connectivity index (χ0n) is 16.2. The van der Waals surface area contributed by atoms with Crippen molar-refractivity contribution in [3.63, 3.8) is 0 Å². The first-order valence-electron chi connectivity index (χ1n) is 9.46. The molecule has 1 aliphatic heterocycles. The molecule has 2 aliphatic rings. The summed E-state index contributed by atoms with van der Waals surface area (Å²) in [6.07, 6.45) is 1.24. The van der Waals surface area contributed by atoms with E-state index in [0.717, 1.165) is 24.2 Å². The highest BCUT2D eigenvalue weighted by Crippen LogP contribution is 2.38. The first-order chi connectivity index (χ1) is 13.4. The number of hydrogen-bond acceptors (Lipinski definition) is 4. The molecular weight excluding hydrogens is 358 g/mol. The minimum absolute atomic E-state index is 0.103. The second kappa shape index (κ2) is 6.82. The number of nitrogens with zero attached hydrogens (tertiary/aromatic N) is 2. The first-order valence-corrected chi connectivity index (χ1v) is 9.46. The Morgan fingerprint density at radius 1 is 1.21 bits per heavy atom. The Hall–Kier alpha value is -3.09. The van der Waals surface area contributed by atoms with Gasteiger partial charge in [0.15, 0.2) is 6.10 Å². The fourth-order valence-electron chi connectivity index (χ4n) is 3.80. The van der Waals surface area contributed by atoms with E-state index in [4.69, 9.17) is 4.74 Å². The number of benzene rings is 1. The van der Waals surface area contributed by atoms with Gasteiger partial charge in [0.25, 0.3) is 5.91 Å². The van der Waals surface area contributed by atoms with E-state index in [9.17, 15) is 14.4 Å². The number of carbonyl (C=O) groups is 3. The van der Waals surface area contributed by atoms with E-state index in [0.29, 0.717) is 23.0 Å². The molecule has 2 amide bonds. The summed E-state index contributed by atoms with van der Waals surface area (Å²) in [6.45, 7) is 5.31. The van der Waals surface area contributed by atoms with Crippen LogP contribution < -0.4 is 10.2 Å². The molecule has 7 heteroatoms. The van der Waals surface area contributed by atoms with E-state index in [-0.39, 0.29) is 12.5 Å². The molecule has 1 fully saturated rings. The lowest BCUT2D eigenvalue weighted by molar-refractivity contribution is -0.128. The molecular formula is C21H23N3O4. The maximum absolute atomic E-state index is 12.9. The fourth-order valence-corrected chi connectivity index (χ4v) is 3.80. The van der Waals surface area contributed by atoms with Crippen LogP contribution >= 0.6 is 0 Å². The van der Waals surface area contributed by atoms with Gasteiger partial charge < -0.3 is 14.6 Å². The number of carbonyl (C=O) groups excluding carboxylic acids is 3. The minimum atomic E-state index is -1.00. The predicted octanol–water partition coefficient (Wildman–Crippen LogP) is 2.97. The number of para-hydroxylation sites is 2. The van der Waals surface area contributed by atoms with Crippen LogP contribution in [0.3, 0.4) is 0 Å². The molecule has 1 aromatic heterocycles. The Balaban J connectivity index is 1.52. The standard InChI is InChI=1S/C21H23N3O4/c1-12-10-16(13(2)24(12)15-8-9-15)21(27)28-14(3)20(26)23-11-19(25)22-17-6-4-5-7-18(17)23/h4-7,10,14-15H,8-9,11H2,1-3H3,(H,22,25)/t14-/m0/s1. The molecule has 28 heavy (non-hydrogen) atoms. The highest BCUT2D eigenvalue weighted by atomic mass is 16.5. The smallest absolute Gasteiger partial charge is 0.340 e. The van der Waals surface area contributed by atoms with Crippen molar-refractivity contribution in [1.82, 2.24) is 4.57 Å². The minimum Gasteiger partial charge on any atom is -0.449 e. The van der Waals surface area contributed by atoms with E-state index in [1.54, 1.807) is 24.3 Å². The van der Waals surface area contributed by atoms with Gasteiger partial charge in [0.2, 0.25) is 5.91 Å². The van der Waals surface area contributed by atoms with Gasteiger partial charge in [0, 0.05) is 17.4 Å². The molecule has 2 heterocycles. The van der Waals surface area contributed by atoms with Crippen molar-refractivity contribution in [1.29, 1.82) is 0 Å². The third-order valence-corrected chi connectivity index (χ3v) is 5.28. The summed E-state index contributed by atoms with van der Waals surface area (Å²) >= 11 is 0. The van der Waals surface area contributed by atoms with E-state index in [2.05, 4.69) is 9.88 Å². The van der Waals surface area contributed by atoms with Crippen molar-refractivity contribution in [2.45, 2.75) is 45.8 Å². The number of hydrogen-bond donors (Lipinski definition) is 1. The molecule has 1 aromatic carbocycles. The summed E-state index contributed by atoms with van der Waals surface area (Å²) < 4.78 is 7.64. The first kappa shape index (κ1) is 18.3. The average molecular weight is 381 g/mol. The summed E-state index contributed by atoms with van der Waals surface area (Å²) in [5.74, 6) is -1.22. The van der Waals surface area contributed by atoms with Crippen molar-refractivity contribution < 1.29 is 19.1 Å². The highest BCUT2D eigenvalue weighted by molar-refractivity contribution is 6.11. The molecule has 1 saturated carbocycles. The summed E-state index contributed by atoms with van der Waals surface area (Å²) in [5.41, 5.74) is 3.54. The van der Waals surface area contributed by atoms with Gasteiger partial charge in [0.05, 0.1) is 16.9 Å². The third-order valence-electron chi connectivity index (χ3n) is 5.28. The summed E-state index contributed by atoms with van der Waals surface area (Å²) in [6, 6.07) is 9.34. The number of fused-ring (bicyclic) bond motifs is 1. The quantitative estimate of drug-likeness (QED) is 0.826. The molecule has 2 aromatic rings. The van der Waals surface area contributed by atoms with Crippen LogP contribution in [0.25, 0.3) is 0 Å². The average Bonchev–Trinajstić information content (AvgIpc) is 3.44. The second-order valence-electron chi connectivity index (χ2n) is 7.42. The van der Waals surface area contributed by atoms with E-state index in [1.807, 2.05) is 19.9 Å². The maximum Gasteiger partial charge on any atom is 0.340 e. The third kappa shape index (κ3) is 3.17. The number of aromatic nitrogens is 1. The van der Waals surface area contributed by atoms with Gasteiger partial charge in [-0.3, -0.25) is 14.5 Å². The lowest BCUT2D eigenvalue weighted by atomic mass is 10.1. The van der Waals surface area contributed by atoms with Crippen LogP contribution in [0, 0.1) is 13.8 Å². The van der Waals surface area contributed by atoms with E-state index < -0.39 is 18.0 Å². The lowest BCUT2D eigenvalue weighted by Crippen LogP contribution is -2.47. The molecule has 1 aliphatic carbocycles. The molecule has 7 nitrogen and oxygen atoms in total. The summed E-state index contributed by atoms with van der Waals surface area (Å²) in [4.78, 5) is 38.9. The Labute approximate surface area is 163 Å². The molecule has 0 unspecified atom stereocenters. The molecule has 0 spiro atoms. The Kier molecular flexibility index (Phi) is 4.45. The highest BCUT2D eigenvalue weighted by Gasteiger charge is 2.33. The lowest BCUT2D eigenvalue weighted by Gasteiger charge is -2.30. The summed E-state index contributed by atoms with van der Waals surface area (Å²) in [7, 11) is 0. The molecule has 0 saturated heterocycles. The van der Waals surface area contributed by atoms with Crippen molar-refractivity contribution in [3.8, 4) is 0 Å². The number of amides is 2. The SMILES string of the molecule is Cc1cc(C(=O)O[C@@H](C)C(=O)N2CC(=O)Nc3ccccc32)c(C)n1C1CC1. The van der Waals surface area contributed by atoms with Crippen LogP contribution in [0.4, 0.5) is 11.4 Å². The number of esters is 1. The number of aryl methyl sites for hydroxylation is 1. The Morgan fingerprint density at radius 2 is 1.93 bits per heavy atom. The van der Waals surface area contributed by atoms with E-state index >= 15 is 0 Å². The van der Waals surface area contributed by atoms with Gasteiger partial charge >= 0.3 is 5.97 Å². The molecule has 0 radical (unpaired) electrons. The van der Waals surface area contributed by atoms with Crippen LogP contribution in [-0.4, -0.2) is 35.0 Å². The molecule has 4 rings (SSSR count). The predicted molar refractivity (Wildman–Crippen MR) is 104 cm³/mol. The fraction of sp³-hybridized carbons (Fsp3) is 0.381. The maximum atomic E-state index is 12.9. The topological polar surface area (TPSA) is 80.6 Å². The van der Waals surface area contributed by atoms with Crippen molar-refractivity contribution in [3.05, 3.63) is 47.3 Å². The molecule has 0 bridgehead atoms.